The number of hydrogen-bond donors (Lipinski definition) is 2. The summed E-state index contributed by atoms with van der Waals surface area (Å²) in [5, 5.41) is 0.529. The minimum atomic E-state index is 0.529. The molecule has 4 nitrogen and oxygen atoms in total. The molecular weight excluding hydrogens is 238 g/mol. The van der Waals surface area contributed by atoms with Crippen LogP contribution < -0.4 is 10.5 Å². The Hall–Kier alpha value is -1.52. The number of ether oxygens (including phenoxy) is 1. The van der Waals surface area contributed by atoms with E-state index in [0.29, 0.717) is 18.1 Å². The fourth-order valence-corrected chi connectivity index (χ4v) is 1.88. The average molecular weight is 252 g/mol. The smallest absolute Gasteiger partial charge is 0.134 e. The van der Waals surface area contributed by atoms with Crippen molar-refractivity contribution in [2.45, 2.75) is 6.42 Å². The summed E-state index contributed by atoms with van der Waals surface area (Å²) in [6.45, 7) is 0.543. The van der Waals surface area contributed by atoms with Gasteiger partial charge in [-0.25, -0.2) is 4.98 Å². The van der Waals surface area contributed by atoms with E-state index in [4.69, 9.17) is 22.1 Å². The van der Waals surface area contributed by atoms with E-state index in [0.717, 1.165) is 22.8 Å². The number of aromatic nitrogens is 2. The quantitative estimate of drug-likeness (QED) is 0.876. The summed E-state index contributed by atoms with van der Waals surface area (Å²) in [4.78, 5) is 7.44. The molecule has 0 fully saturated rings. The third kappa shape index (κ3) is 2.60. The molecule has 0 amide bonds. The molecule has 1 heterocycles. The second kappa shape index (κ2) is 5.21. The molecule has 0 aliphatic rings. The Labute approximate surface area is 105 Å². The average Bonchev–Trinajstić information content (AvgIpc) is 2.71. The number of methoxy groups -OCH3 is 1. The van der Waals surface area contributed by atoms with Crippen LogP contribution in [0, 0.1) is 0 Å². The molecule has 0 aliphatic heterocycles. The molecule has 17 heavy (non-hydrogen) atoms. The molecule has 3 N–H and O–H groups in total. The van der Waals surface area contributed by atoms with Crippen LogP contribution in [0.15, 0.2) is 24.3 Å². The number of nitrogens with zero attached hydrogens (tertiary/aromatic N) is 1. The molecule has 5 heteroatoms. The van der Waals surface area contributed by atoms with Gasteiger partial charge < -0.3 is 15.5 Å². The van der Waals surface area contributed by atoms with Crippen LogP contribution in [0.3, 0.4) is 0 Å². The van der Waals surface area contributed by atoms with E-state index < -0.39 is 0 Å². The summed E-state index contributed by atoms with van der Waals surface area (Å²) in [7, 11) is 1.63. The van der Waals surface area contributed by atoms with E-state index in [9.17, 15) is 0 Å². The monoisotopic (exact) mass is 251 g/mol. The predicted octanol–water partition coefficient (Wildman–Crippen LogP) is 2.24. The number of nitrogens with two attached hydrogens (primary N) is 1. The van der Waals surface area contributed by atoms with Gasteiger partial charge in [-0.05, 0) is 18.7 Å². The molecule has 0 spiro atoms. The van der Waals surface area contributed by atoms with Crippen LogP contribution in [-0.2, 0) is 6.42 Å². The zero-order valence-electron chi connectivity index (χ0n) is 9.53. The van der Waals surface area contributed by atoms with E-state index >= 15 is 0 Å². The Balaban J connectivity index is 2.37. The summed E-state index contributed by atoms with van der Waals surface area (Å²) in [5.41, 5.74) is 7.14. The molecule has 1 aromatic carbocycles. The van der Waals surface area contributed by atoms with Crippen LogP contribution in [0.25, 0.3) is 11.3 Å². The van der Waals surface area contributed by atoms with Gasteiger partial charge in [-0.15, -0.1) is 0 Å². The van der Waals surface area contributed by atoms with Gasteiger partial charge in [0, 0.05) is 12.0 Å². The summed E-state index contributed by atoms with van der Waals surface area (Å²) >= 11 is 6.11. The van der Waals surface area contributed by atoms with Gasteiger partial charge >= 0.3 is 0 Å². The Morgan fingerprint density at radius 2 is 2.29 bits per heavy atom. The van der Waals surface area contributed by atoms with Crippen molar-refractivity contribution in [2.75, 3.05) is 13.7 Å². The minimum Gasteiger partial charge on any atom is -0.497 e. The van der Waals surface area contributed by atoms with E-state index in [1.54, 1.807) is 7.11 Å². The third-order valence-electron chi connectivity index (χ3n) is 2.43. The fraction of sp³-hybridized carbons (Fsp3) is 0.250. The van der Waals surface area contributed by atoms with Gasteiger partial charge in [0.15, 0.2) is 0 Å². The molecule has 0 bridgehead atoms. The summed E-state index contributed by atoms with van der Waals surface area (Å²) in [5.74, 6) is 1.58. The largest absolute Gasteiger partial charge is 0.497 e. The Morgan fingerprint density at radius 3 is 3.00 bits per heavy atom. The lowest BCUT2D eigenvalue weighted by molar-refractivity contribution is 0.415. The molecule has 0 atom stereocenters. The molecule has 2 rings (SSSR count). The molecule has 0 aliphatic carbocycles. The fourth-order valence-electron chi connectivity index (χ4n) is 1.61. The molecule has 2 aromatic rings. The highest BCUT2D eigenvalue weighted by Crippen LogP contribution is 2.28. The zero-order chi connectivity index (χ0) is 12.3. The van der Waals surface area contributed by atoms with Crippen LogP contribution in [0.2, 0.25) is 5.15 Å². The number of aromatic amines is 1. The van der Waals surface area contributed by atoms with Crippen LogP contribution >= 0.6 is 11.6 Å². The Bertz CT molecular complexity index is 510. The van der Waals surface area contributed by atoms with E-state index in [1.807, 2.05) is 24.3 Å². The van der Waals surface area contributed by atoms with Gasteiger partial charge in [-0.1, -0.05) is 23.7 Å². The van der Waals surface area contributed by atoms with E-state index in [-0.39, 0.29) is 0 Å². The number of halogens is 1. The SMILES string of the molecule is COc1cccc(-c2nc(CCN)[nH]c2Cl)c1. The van der Waals surface area contributed by atoms with Crippen molar-refractivity contribution in [3.05, 3.63) is 35.2 Å². The normalized spacial score (nSPS) is 10.5. The summed E-state index contributed by atoms with van der Waals surface area (Å²) in [6.07, 6.45) is 0.684. The van der Waals surface area contributed by atoms with E-state index in [2.05, 4.69) is 9.97 Å². The highest BCUT2D eigenvalue weighted by molar-refractivity contribution is 6.31. The van der Waals surface area contributed by atoms with Gasteiger partial charge in [-0.3, -0.25) is 0 Å². The van der Waals surface area contributed by atoms with Gasteiger partial charge in [0.25, 0.3) is 0 Å². The van der Waals surface area contributed by atoms with Crippen molar-refractivity contribution in [1.82, 2.24) is 9.97 Å². The van der Waals surface area contributed by atoms with Gasteiger partial charge in [0.2, 0.25) is 0 Å². The second-order valence-corrected chi connectivity index (χ2v) is 3.99. The first-order valence-electron chi connectivity index (χ1n) is 5.33. The maximum absolute atomic E-state index is 6.11. The molecular formula is C12H14ClN3O. The Morgan fingerprint density at radius 1 is 1.47 bits per heavy atom. The maximum Gasteiger partial charge on any atom is 0.134 e. The topological polar surface area (TPSA) is 63.9 Å². The number of rotatable bonds is 4. The summed E-state index contributed by atoms with van der Waals surface area (Å²) < 4.78 is 5.17. The zero-order valence-corrected chi connectivity index (χ0v) is 10.3. The lowest BCUT2D eigenvalue weighted by Crippen LogP contribution is -2.03. The first-order chi connectivity index (χ1) is 8.24. The van der Waals surface area contributed by atoms with E-state index in [1.165, 1.54) is 0 Å². The number of benzene rings is 1. The van der Waals surface area contributed by atoms with Crippen LogP contribution in [0.1, 0.15) is 5.82 Å². The van der Waals surface area contributed by atoms with Crippen molar-refractivity contribution in [3.63, 3.8) is 0 Å². The van der Waals surface area contributed by atoms with Crippen molar-refractivity contribution >= 4 is 11.6 Å². The number of nitrogens with one attached hydrogen (secondary N) is 1. The number of H-pyrrole nitrogens is 1. The third-order valence-corrected chi connectivity index (χ3v) is 2.71. The van der Waals surface area contributed by atoms with Crippen molar-refractivity contribution in [2.24, 2.45) is 5.73 Å². The highest BCUT2D eigenvalue weighted by atomic mass is 35.5. The van der Waals surface area contributed by atoms with Crippen molar-refractivity contribution < 1.29 is 4.74 Å². The standard InChI is InChI=1S/C12H14ClN3O/c1-17-9-4-2-3-8(7-9)11-12(13)16-10(15-11)5-6-14/h2-4,7H,5-6,14H2,1H3,(H,15,16). The van der Waals surface area contributed by atoms with Crippen LogP contribution in [-0.4, -0.2) is 23.6 Å². The van der Waals surface area contributed by atoms with Crippen molar-refractivity contribution in [3.8, 4) is 17.0 Å². The minimum absolute atomic E-state index is 0.529. The van der Waals surface area contributed by atoms with Crippen molar-refractivity contribution in [1.29, 1.82) is 0 Å². The number of hydrogen-bond acceptors (Lipinski definition) is 3. The predicted molar refractivity (Wildman–Crippen MR) is 68.3 cm³/mol. The van der Waals surface area contributed by atoms with Gasteiger partial charge in [-0.2, -0.15) is 0 Å². The maximum atomic E-state index is 6.11. The molecule has 1 aromatic heterocycles. The molecule has 0 saturated heterocycles. The second-order valence-electron chi connectivity index (χ2n) is 3.62. The van der Waals surface area contributed by atoms with Crippen LogP contribution in [0.4, 0.5) is 0 Å². The molecule has 0 radical (unpaired) electrons. The highest BCUT2D eigenvalue weighted by Gasteiger charge is 2.10. The number of imidazole rings is 1. The molecule has 90 valence electrons. The first kappa shape index (κ1) is 12.0. The van der Waals surface area contributed by atoms with Gasteiger partial charge in [0.05, 0.1) is 7.11 Å². The first-order valence-corrected chi connectivity index (χ1v) is 5.71. The Kier molecular flexibility index (Phi) is 3.66. The van der Waals surface area contributed by atoms with Gasteiger partial charge in [0.1, 0.15) is 22.4 Å². The lowest BCUT2D eigenvalue weighted by atomic mass is 10.1. The summed E-state index contributed by atoms with van der Waals surface area (Å²) in [6, 6.07) is 7.62. The molecule has 0 unspecified atom stereocenters. The van der Waals surface area contributed by atoms with Crippen LogP contribution in [0.5, 0.6) is 5.75 Å². The molecule has 0 saturated carbocycles. The lowest BCUT2D eigenvalue weighted by Gasteiger charge is -2.01.